The molecule has 0 atom stereocenters. The molecule has 0 unspecified atom stereocenters. The zero-order valence-corrected chi connectivity index (χ0v) is 11.9. The Bertz CT molecular complexity index is 722. The number of rotatable bonds is 7. The number of allylic oxidation sites excluding steroid dienone is 1. The molecule has 0 spiro atoms. The molecule has 0 fully saturated rings. The van der Waals surface area contributed by atoms with Crippen molar-refractivity contribution in [3.8, 4) is 5.75 Å². The summed E-state index contributed by atoms with van der Waals surface area (Å²) >= 11 is 0. The van der Waals surface area contributed by atoms with Crippen LogP contribution in [0.2, 0.25) is 0 Å². The third-order valence-electron chi connectivity index (χ3n) is 2.57. The topological polar surface area (TPSA) is 107 Å². The molecular formula is C15H13N3O5. The third-order valence-corrected chi connectivity index (χ3v) is 2.57. The minimum atomic E-state index is -0.579. The van der Waals surface area contributed by atoms with Crippen LogP contribution in [0.25, 0.3) is 6.08 Å². The normalized spacial score (nSPS) is 11.0. The number of para-hydroxylation sites is 2. The van der Waals surface area contributed by atoms with Crippen LogP contribution in [0, 0.1) is 10.1 Å². The van der Waals surface area contributed by atoms with Crippen molar-refractivity contribution < 1.29 is 18.9 Å². The van der Waals surface area contributed by atoms with Gasteiger partial charge in [-0.25, -0.2) is 5.43 Å². The SMILES string of the molecule is O=C(COc1ccccc1[N+](=O)[O-])NN=CC=Cc1ccco1. The zero-order valence-electron chi connectivity index (χ0n) is 11.9. The fourth-order valence-electron chi connectivity index (χ4n) is 1.58. The van der Waals surface area contributed by atoms with E-state index in [1.807, 2.05) is 0 Å². The van der Waals surface area contributed by atoms with Crippen molar-refractivity contribution in [2.24, 2.45) is 5.10 Å². The number of amides is 1. The van der Waals surface area contributed by atoms with Crippen molar-refractivity contribution in [3.63, 3.8) is 0 Å². The molecule has 118 valence electrons. The van der Waals surface area contributed by atoms with Crippen molar-refractivity contribution in [2.75, 3.05) is 6.61 Å². The highest BCUT2D eigenvalue weighted by Crippen LogP contribution is 2.25. The molecule has 23 heavy (non-hydrogen) atoms. The van der Waals surface area contributed by atoms with E-state index in [0.717, 1.165) is 0 Å². The predicted molar refractivity (Wildman–Crippen MR) is 83.0 cm³/mol. The highest BCUT2D eigenvalue weighted by molar-refractivity contribution is 5.81. The first kappa shape index (κ1) is 16.0. The standard InChI is InChI=1S/C15H13N3O5/c19-15(17-16-9-3-5-12-6-4-10-22-12)11-23-14-8-2-1-7-13(14)18(20)21/h1-10H,11H2,(H,17,19). The Morgan fingerprint density at radius 1 is 1.35 bits per heavy atom. The number of nitrogens with one attached hydrogen (secondary N) is 1. The largest absolute Gasteiger partial charge is 0.477 e. The summed E-state index contributed by atoms with van der Waals surface area (Å²) in [6, 6.07) is 9.33. The highest BCUT2D eigenvalue weighted by Gasteiger charge is 2.14. The van der Waals surface area contributed by atoms with Crippen LogP contribution in [-0.4, -0.2) is 23.7 Å². The number of nitrogens with zero attached hydrogens (tertiary/aromatic N) is 2. The number of hydrogen-bond acceptors (Lipinski definition) is 6. The van der Waals surface area contributed by atoms with E-state index >= 15 is 0 Å². The molecule has 0 aliphatic rings. The minimum Gasteiger partial charge on any atom is -0.477 e. The van der Waals surface area contributed by atoms with Gasteiger partial charge in [-0.3, -0.25) is 14.9 Å². The molecule has 8 nitrogen and oxygen atoms in total. The first-order valence-electron chi connectivity index (χ1n) is 6.55. The van der Waals surface area contributed by atoms with Gasteiger partial charge in [-0.05, 0) is 30.4 Å². The molecule has 1 N–H and O–H groups in total. The van der Waals surface area contributed by atoms with Crippen LogP contribution in [0.15, 0.2) is 58.3 Å². The maximum absolute atomic E-state index is 11.5. The van der Waals surface area contributed by atoms with Crippen molar-refractivity contribution in [1.82, 2.24) is 5.43 Å². The number of hydrogen-bond donors (Lipinski definition) is 1. The summed E-state index contributed by atoms with van der Waals surface area (Å²) in [6.45, 7) is -0.385. The number of carbonyl (C=O) groups is 1. The van der Waals surface area contributed by atoms with Crippen molar-refractivity contribution in [3.05, 3.63) is 64.6 Å². The Kier molecular flexibility index (Phi) is 5.64. The molecule has 1 heterocycles. The number of benzene rings is 1. The van der Waals surface area contributed by atoms with Gasteiger partial charge in [0.25, 0.3) is 5.91 Å². The van der Waals surface area contributed by atoms with Crippen LogP contribution in [-0.2, 0) is 4.79 Å². The Morgan fingerprint density at radius 2 is 2.17 bits per heavy atom. The van der Waals surface area contributed by atoms with E-state index in [4.69, 9.17) is 9.15 Å². The molecule has 0 aliphatic heterocycles. The first-order chi connectivity index (χ1) is 11.2. The quantitative estimate of drug-likeness (QED) is 0.479. The van der Waals surface area contributed by atoms with Crippen molar-refractivity contribution in [2.45, 2.75) is 0 Å². The molecule has 2 aromatic rings. The van der Waals surface area contributed by atoms with Gasteiger partial charge in [0, 0.05) is 12.3 Å². The fourth-order valence-corrected chi connectivity index (χ4v) is 1.58. The molecule has 1 aromatic heterocycles. The van der Waals surface area contributed by atoms with E-state index < -0.39 is 10.8 Å². The lowest BCUT2D eigenvalue weighted by molar-refractivity contribution is -0.385. The van der Waals surface area contributed by atoms with Crippen molar-refractivity contribution >= 4 is 23.9 Å². The van der Waals surface area contributed by atoms with Gasteiger partial charge in [0.2, 0.25) is 0 Å². The molecule has 1 amide bonds. The lowest BCUT2D eigenvalue weighted by atomic mass is 10.3. The Balaban J connectivity index is 1.78. The fraction of sp³-hybridized carbons (Fsp3) is 0.0667. The Morgan fingerprint density at radius 3 is 2.91 bits per heavy atom. The predicted octanol–water partition coefficient (Wildman–Crippen LogP) is 2.38. The summed E-state index contributed by atoms with van der Waals surface area (Å²) in [5.41, 5.74) is 2.03. The highest BCUT2D eigenvalue weighted by atomic mass is 16.6. The van der Waals surface area contributed by atoms with Crippen LogP contribution >= 0.6 is 0 Å². The first-order valence-corrected chi connectivity index (χ1v) is 6.55. The number of furan rings is 1. The number of ether oxygens (including phenoxy) is 1. The summed E-state index contributed by atoms with van der Waals surface area (Å²) in [6.07, 6.45) is 6.16. The van der Waals surface area contributed by atoms with Crippen LogP contribution in [0.3, 0.4) is 0 Å². The van der Waals surface area contributed by atoms with Gasteiger partial charge in [0.1, 0.15) is 5.76 Å². The summed E-state index contributed by atoms with van der Waals surface area (Å²) < 4.78 is 10.2. The number of hydrazone groups is 1. The zero-order chi connectivity index (χ0) is 16.5. The second-order valence-electron chi connectivity index (χ2n) is 4.20. The number of carbonyl (C=O) groups excluding carboxylic acids is 1. The van der Waals surface area contributed by atoms with Gasteiger partial charge >= 0.3 is 5.69 Å². The van der Waals surface area contributed by atoms with E-state index in [2.05, 4.69) is 10.5 Å². The average Bonchev–Trinajstić information content (AvgIpc) is 3.06. The molecule has 8 heteroatoms. The molecule has 0 bridgehead atoms. The molecule has 1 aromatic carbocycles. The van der Waals surface area contributed by atoms with Gasteiger partial charge in [0.05, 0.1) is 11.2 Å². The maximum Gasteiger partial charge on any atom is 0.310 e. The molecule has 0 saturated carbocycles. The molecule has 0 saturated heterocycles. The second-order valence-corrected chi connectivity index (χ2v) is 4.20. The lowest BCUT2D eigenvalue weighted by Gasteiger charge is -2.04. The van der Waals surface area contributed by atoms with Crippen LogP contribution in [0.5, 0.6) is 5.75 Å². The summed E-state index contributed by atoms with van der Waals surface area (Å²) in [7, 11) is 0. The number of nitro benzene ring substituents is 1. The molecule has 0 aliphatic carbocycles. The summed E-state index contributed by atoms with van der Waals surface area (Å²) in [4.78, 5) is 21.7. The monoisotopic (exact) mass is 315 g/mol. The molecule has 0 radical (unpaired) electrons. The minimum absolute atomic E-state index is 0.0225. The summed E-state index contributed by atoms with van der Waals surface area (Å²) in [5.74, 6) is 0.141. The third kappa shape index (κ3) is 5.12. The molecule has 2 rings (SSSR count). The Hall–Kier alpha value is -3.42. The van der Waals surface area contributed by atoms with E-state index in [9.17, 15) is 14.9 Å². The second kappa shape index (κ2) is 8.13. The van der Waals surface area contributed by atoms with Gasteiger partial charge in [-0.15, -0.1) is 0 Å². The van der Waals surface area contributed by atoms with Gasteiger partial charge in [-0.2, -0.15) is 5.10 Å². The van der Waals surface area contributed by atoms with E-state index in [0.29, 0.717) is 5.76 Å². The van der Waals surface area contributed by atoms with Crippen LogP contribution in [0.1, 0.15) is 5.76 Å². The molecular weight excluding hydrogens is 302 g/mol. The average molecular weight is 315 g/mol. The van der Waals surface area contributed by atoms with Gasteiger partial charge in [-0.1, -0.05) is 12.1 Å². The Labute approximate surface area is 131 Å². The smallest absolute Gasteiger partial charge is 0.310 e. The van der Waals surface area contributed by atoms with Gasteiger partial charge in [0.15, 0.2) is 12.4 Å². The van der Waals surface area contributed by atoms with E-state index in [1.165, 1.54) is 24.4 Å². The van der Waals surface area contributed by atoms with E-state index in [-0.39, 0.29) is 18.0 Å². The lowest BCUT2D eigenvalue weighted by Crippen LogP contribution is -2.24. The van der Waals surface area contributed by atoms with Gasteiger partial charge < -0.3 is 9.15 Å². The van der Waals surface area contributed by atoms with Crippen LogP contribution in [0.4, 0.5) is 5.69 Å². The van der Waals surface area contributed by atoms with E-state index in [1.54, 1.807) is 36.6 Å². The summed E-state index contributed by atoms with van der Waals surface area (Å²) in [5, 5.41) is 14.5. The van der Waals surface area contributed by atoms with Crippen LogP contribution < -0.4 is 10.2 Å². The number of nitro groups is 1. The maximum atomic E-state index is 11.5. The van der Waals surface area contributed by atoms with Crippen molar-refractivity contribution in [1.29, 1.82) is 0 Å².